The number of carbonyl (C=O) groups is 1. The summed E-state index contributed by atoms with van der Waals surface area (Å²) < 4.78 is 53.6. The Kier molecular flexibility index (Phi) is 0.335. The quantitative estimate of drug-likeness (QED) is 0.447. The standard InChI is InChI=1S/C5H8O2/c6-5-1-3-7-4-2-5/h1-4H2/i1D2,2D2,3D,4D2. The summed E-state index contributed by atoms with van der Waals surface area (Å²) in [7, 11) is 0. The van der Waals surface area contributed by atoms with Crippen LogP contribution in [0.4, 0.5) is 0 Å². The van der Waals surface area contributed by atoms with Crippen LogP contribution in [0.3, 0.4) is 0 Å². The van der Waals surface area contributed by atoms with Crippen molar-refractivity contribution in [1.29, 1.82) is 0 Å². The van der Waals surface area contributed by atoms with Gasteiger partial charge in [0, 0.05) is 18.2 Å². The van der Waals surface area contributed by atoms with Crippen LogP contribution in [0.25, 0.3) is 0 Å². The van der Waals surface area contributed by atoms with Gasteiger partial charge in [0.15, 0.2) is 0 Å². The van der Waals surface area contributed by atoms with Gasteiger partial charge >= 0.3 is 0 Å². The number of Topliss-reactive ketones (excluding diaryl/α,β-unsaturated/α-hetero) is 1. The molecule has 1 unspecified atom stereocenters. The van der Waals surface area contributed by atoms with Gasteiger partial charge in [0.25, 0.3) is 0 Å². The molecule has 1 heterocycles. The molecular formula is C5H8O2. The van der Waals surface area contributed by atoms with E-state index >= 15 is 0 Å². The number of hydrogen-bond donors (Lipinski definition) is 0. The Balaban J connectivity index is 3.17. The molecule has 0 bridgehead atoms. The molecule has 1 rings (SSSR count). The second-order valence-electron chi connectivity index (χ2n) is 0.936. The average molecular weight is 107 g/mol. The van der Waals surface area contributed by atoms with Gasteiger partial charge in [-0.15, -0.1) is 0 Å². The molecule has 0 aliphatic carbocycles. The van der Waals surface area contributed by atoms with Crippen molar-refractivity contribution < 1.29 is 19.1 Å². The maximum Gasteiger partial charge on any atom is 0.137 e. The topological polar surface area (TPSA) is 26.3 Å². The Morgan fingerprint density at radius 3 is 3.43 bits per heavy atom. The normalized spacial score (nSPS) is 69.4. The van der Waals surface area contributed by atoms with Crippen molar-refractivity contribution in [3.8, 4) is 0 Å². The smallest absolute Gasteiger partial charge is 0.137 e. The van der Waals surface area contributed by atoms with E-state index in [0.717, 1.165) is 0 Å². The molecule has 1 aliphatic heterocycles. The lowest BCUT2D eigenvalue weighted by Gasteiger charge is -2.07. The minimum absolute atomic E-state index is 1.60. The molecule has 0 amide bonds. The molecule has 1 saturated heterocycles. The number of ketones is 1. The lowest BCUT2D eigenvalue weighted by Crippen LogP contribution is -2.14. The first-order valence-corrected chi connectivity index (χ1v) is 1.68. The molecule has 7 heavy (non-hydrogen) atoms. The maximum absolute atomic E-state index is 11.2. The van der Waals surface area contributed by atoms with Crippen molar-refractivity contribution in [2.45, 2.75) is 12.7 Å². The molecule has 0 N–H and O–H groups in total. The van der Waals surface area contributed by atoms with Crippen LogP contribution < -0.4 is 0 Å². The average Bonchev–Trinajstić information content (AvgIpc) is 1.99. The van der Waals surface area contributed by atoms with Gasteiger partial charge in [-0.05, 0) is 0 Å². The lowest BCUT2D eigenvalue weighted by atomic mass is 10.2. The largest absolute Gasteiger partial charge is 0.381 e. The third-order valence-corrected chi connectivity index (χ3v) is 0.472. The molecule has 1 aliphatic rings. The summed E-state index contributed by atoms with van der Waals surface area (Å²) in [5.41, 5.74) is 0. The highest BCUT2D eigenvalue weighted by Gasteiger charge is 2.06. The molecule has 1 atom stereocenters. The van der Waals surface area contributed by atoms with Crippen molar-refractivity contribution in [2.24, 2.45) is 0 Å². The molecule has 2 nitrogen and oxygen atoms in total. The van der Waals surface area contributed by atoms with Crippen LogP contribution in [0, 0.1) is 0 Å². The third-order valence-electron chi connectivity index (χ3n) is 0.472. The Hall–Kier alpha value is -0.370. The van der Waals surface area contributed by atoms with Crippen LogP contribution >= 0.6 is 0 Å². The van der Waals surface area contributed by atoms with E-state index in [2.05, 4.69) is 4.74 Å². The van der Waals surface area contributed by atoms with Gasteiger partial charge in [0.05, 0.1) is 17.3 Å². The van der Waals surface area contributed by atoms with E-state index in [9.17, 15) is 4.79 Å². The van der Waals surface area contributed by atoms with Gasteiger partial charge < -0.3 is 4.74 Å². The number of carbonyl (C=O) groups excluding carboxylic acids is 1. The summed E-state index contributed by atoms with van der Waals surface area (Å²) in [6.07, 6.45) is -5.90. The van der Waals surface area contributed by atoms with Crippen LogP contribution in [0.5, 0.6) is 0 Å². The zero-order chi connectivity index (χ0) is 11.4. The highest BCUT2D eigenvalue weighted by atomic mass is 16.5. The Morgan fingerprint density at radius 1 is 1.71 bits per heavy atom. The van der Waals surface area contributed by atoms with E-state index < -0.39 is 31.7 Å². The molecule has 40 valence electrons. The summed E-state index contributed by atoms with van der Waals surface area (Å²) in [5, 5.41) is 0. The van der Waals surface area contributed by atoms with Crippen LogP contribution in [-0.2, 0) is 9.53 Å². The third kappa shape index (κ3) is 1.27. The molecule has 0 spiro atoms. The molecular weight excluding hydrogens is 92.1 g/mol. The van der Waals surface area contributed by atoms with E-state index in [-0.39, 0.29) is 0 Å². The van der Waals surface area contributed by atoms with Crippen LogP contribution in [0.2, 0.25) is 0 Å². The molecule has 0 saturated carbocycles. The summed E-state index contributed by atoms with van der Waals surface area (Å²) >= 11 is 0. The summed E-state index contributed by atoms with van der Waals surface area (Å²) in [5.74, 6) is -1.60. The van der Waals surface area contributed by atoms with Crippen LogP contribution in [-0.4, -0.2) is 18.9 Å². The zero-order valence-electron chi connectivity index (χ0n) is 10.4. The first-order valence-electron chi connectivity index (χ1n) is 5.26. The molecule has 0 radical (unpaired) electrons. The van der Waals surface area contributed by atoms with Gasteiger partial charge in [-0.2, -0.15) is 0 Å². The van der Waals surface area contributed by atoms with Crippen LogP contribution in [0.1, 0.15) is 22.3 Å². The van der Waals surface area contributed by atoms with E-state index in [0.29, 0.717) is 0 Å². The molecule has 0 aromatic heterocycles. The van der Waals surface area contributed by atoms with Gasteiger partial charge in [0.1, 0.15) is 5.78 Å². The predicted octanol–water partition coefficient (Wildman–Crippen LogP) is 0.366. The molecule has 0 aromatic rings. The fraction of sp³-hybridized carbons (Fsp3) is 0.800. The van der Waals surface area contributed by atoms with Gasteiger partial charge in [0.2, 0.25) is 0 Å². The highest BCUT2D eigenvalue weighted by Crippen LogP contribution is 1.98. The monoisotopic (exact) mass is 107 g/mol. The summed E-state index contributed by atoms with van der Waals surface area (Å²) in [6.45, 7) is -5.02. The molecule has 2 heteroatoms. The second kappa shape index (κ2) is 2.07. The van der Waals surface area contributed by atoms with Crippen molar-refractivity contribution in [2.75, 3.05) is 13.1 Å². The fourth-order valence-corrected chi connectivity index (χ4v) is 0.224. The minimum atomic E-state index is -3.08. The first kappa shape index (κ1) is 1.13. The van der Waals surface area contributed by atoms with E-state index in [1.54, 1.807) is 0 Å². The highest BCUT2D eigenvalue weighted by molar-refractivity contribution is 5.78. The van der Waals surface area contributed by atoms with E-state index in [1.165, 1.54) is 0 Å². The van der Waals surface area contributed by atoms with Gasteiger partial charge in [-0.1, -0.05) is 0 Å². The van der Waals surface area contributed by atoms with Crippen molar-refractivity contribution in [1.82, 2.24) is 0 Å². The summed E-state index contributed by atoms with van der Waals surface area (Å²) in [6, 6.07) is 0. The maximum atomic E-state index is 11.2. The Morgan fingerprint density at radius 2 is 2.57 bits per heavy atom. The SMILES string of the molecule is [2H]C1OC([2H])([2H])C([2H])([2H])C(=O)C1([2H])[2H]. The van der Waals surface area contributed by atoms with Crippen molar-refractivity contribution >= 4 is 5.78 Å². The van der Waals surface area contributed by atoms with Crippen molar-refractivity contribution in [3.05, 3.63) is 0 Å². The zero-order valence-corrected chi connectivity index (χ0v) is 3.39. The minimum Gasteiger partial charge on any atom is -0.381 e. The Bertz CT molecular complexity index is 273. The Labute approximate surface area is 52.3 Å². The van der Waals surface area contributed by atoms with E-state index in [4.69, 9.17) is 9.60 Å². The predicted molar refractivity (Wildman–Crippen MR) is 25.1 cm³/mol. The second-order valence-corrected chi connectivity index (χ2v) is 0.936. The summed E-state index contributed by atoms with van der Waals surface area (Å²) in [4.78, 5) is 11.2. The van der Waals surface area contributed by atoms with Gasteiger partial charge in [-0.25, -0.2) is 0 Å². The van der Waals surface area contributed by atoms with Gasteiger partial charge in [-0.3, -0.25) is 4.79 Å². The molecule has 0 aromatic carbocycles. The lowest BCUT2D eigenvalue weighted by molar-refractivity contribution is -0.124. The number of rotatable bonds is 0. The van der Waals surface area contributed by atoms with Crippen molar-refractivity contribution in [3.63, 3.8) is 0 Å². The first-order chi connectivity index (χ1) is 6.03. The fourth-order valence-electron chi connectivity index (χ4n) is 0.224. The van der Waals surface area contributed by atoms with E-state index in [1.807, 2.05) is 0 Å². The number of hydrogen-bond acceptors (Lipinski definition) is 2. The number of ether oxygens (including phenoxy) is 1. The molecule has 1 fully saturated rings. The van der Waals surface area contributed by atoms with Crippen LogP contribution in [0.15, 0.2) is 0 Å².